The monoisotopic (exact) mass is 209 g/mol. The van der Waals surface area contributed by atoms with Gasteiger partial charge in [-0.2, -0.15) is 0 Å². The first-order valence-corrected chi connectivity index (χ1v) is 6.25. The first-order chi connectivity index (χ1) is 6.02. The summed E-state index contributed by atoms with van der Waals surface area (Å²) in [4.78, 5) is 0. The van der Waals surface area contributed by atoms with Gasteiger partial charge in [0.2, 0.25) is 10.0 Å². The van der Waals surface area contributed by atoms with Crippen molar-refractivity contribution in [1.82, 2.24) is 4.72 Å². The summed E-state index contributed by atoms with van der Waals surface area (Å²) < 4.78 is 24.8. The second kappa shape index (κ2) is 6.34. The van der Waals surface area contributed by atoms with Gasteiger partial charge in [-0.1, -0.05) is 13.8 Å². The van der Waals surface area contributed by atoms with Crippen LogP contribution in [0.1, 0.15) is 26.7 Å². The second-order valence-corrected chi connectivity index (χ2v) is 5.21. The van der Waals surface area contributed by atoms with Gasteiger partial charge in [-0.05, 0) is 18.8 Å². The van der Waals surface area contributed by atoms with E-state index in [1.165, 1.54) is 0 Å². The molecule has 0 aliphatic carbocycles. The maximum atomic E-state index is 11.2. The molecule has 0 amide bonds. The minimum atomic E-state index is -3.08. The van der Waals surface area contributed by atoms with Crippen LogP contribution in [0.5, 0.6) is 0 Å². The molecule has 80 valence electrons. The Morgan fingerprint density at radius 3 is 2.54 bits per heavy atom. The van der Waals surface area contributed by atoms with Crippen LogP contribution in [-0.2, 0) is 10.0 Å². The highest BCUT2D eigenvalue weighted by Crippen LogP contribution is 1.99. The van der Waals surface area contributed by atoms with E-state index in [0.29, 0.717) is 19.4 Å². The molecular weight excluding hydrogens is 190 g/mol. The van der Waals surface area contributed by atoms with Crippen LogP contribution in [-0.4, -0.2) is 32.4 Å². The molecule has 2 N–H and O–H groups in total. The topological polar surface area (TPSA) is 66.4 Å². The van der Waals surface area contributed by atoms with Gasteiger partial charge in [-0.25, -0.2) is 13.1 Å². The fourth-order valence-corrected chi connectivity index (χ4v) is 2.15. The molecule has 0 aromatic heterocycles. The van der Waals surface area contributed by atoms with Crippen LogP contribution in [0.4, 0.5) is 0 Å². The zero-order valence-electron chi connectivity index (χ0n) is 8.28. The summed E-state index contributed by atoms with van der Waals surface area (Å²) in [7, 11) is -3.08. The van der Waals surface area contributed by atoms with E-state index in [-0.39, 0.29) is 18.3 Å². The summed E-state index contributed by atoms with van der Waals surface area (Å²) in [6.07, 6.45) is 1.26. The molecule has 1 unspecified atom stereocenters. The Morgan fingerprint density at radius 1 is 1.46 bits per heavy atom. The molecule has 0 bridgehead atoms. The van der Waals surface area contributed by atoms with Crippen molar-refractivity contribution in [3.8, 4) is 0 Å². The van der Waals surface area contributed by atoms with Crippen LogP contribution in [0.15, 0.2) is 0 Å². The summed E-state index contributed by atoms with van der Waals surface area (Å²) in [5, 5.41) is 8.59. The van der Waals surface area contributed by atoms with Gasteiger partial charge in [0.25, 0.3) is 0 Å². The number of aliphatic hydroxyl groups excluding tert-OH is 1. The van der Waals surface area contributed by atoms with Crippen molar-refractivity contribution in [2.24, 2.45) is 5.92 Å². The molecule has 0 aromatic carbocycles. The van der Waals surface area contributed by atoms with Crippen LogP contribution in [0, 0.1) is 5.92 Å². The van der Waals surface area contributed by atoms with E-state index in [1.807, 2.05) is 13.8 Å². The molecule has 4 nitrogen and oxygen atoms in total. The van der Waals surface area contributed by atoms with Crippen molar-refractivity contribution in [3.05, 3.63) is 0 Å². The molecule has 0 aliphatic rings. The molecular formula is C8H19NO3S. The van der Waals surface area contributed by atoms with Crippen LogP contribution in [0.25, 0.3) is 0 Å². The molecule has 0 fully saturated rings. The second-order valence-electron chi connectivity index (χ2n) is 3.28. The molecule has 0 aliphatic heterocycles. The maximum absolute atomic E-state index is 11.2. The lowest BCUT2D eigenvalue weighted by molar-refractivity contribution is 0.263. The highest BCUT2D eigenvalue weighted by atomic mass is 32.2. The predicted octanol–water partition coefficient (Wildman–Crippen LogP) is 0.334. The molecule has 0 heterocycles. The Kier molecular flexibility index (Phi) is 6.28. The van der Waals surface area contributed by atoms with Gasteiger partial charge < -0.3 is 5.11 Å². The lowest BCUT2D eigenvalue weighted by atomic mass is 10.1. The molecule has 0 saturated heterocycles. The van der Waals surface area contributed by atoms with Crippen molar-refractivity contribution in [1.29, 1.82) is 0 Å². The molecule has 5 heteroatoms. The summed E-state index contributed by atoms with van der Waals surface area (Å²) in [5.74, 6) is 0.371. The van der Waals surface area contributed by atoms with Crippen molar-refractivity contribution < 1.29 is 13.5 Å². The molecule has 0 aromatic rings. The smallest absolute Gasteiger partial charge is 0.211 e. The predicted molar refractivity (Wildman–Crippen MR) is 52.9 cm³/mol. The van der Waals surface area contributed by atoms with E-state index in [4.69, 9.17) is 5.11 Å². The number of hydrogen-bond acceptors (Lipinski definition) is 3. The first-order valence-electron chi connectivity index (χ1n) is 4.60. The molecule has 0 spiro atoms. The zero-order valence-corrected chi connectivity index (χ0v) is 9.10. The zero-order chi connectivity index (χ0) is 10.3. The van der Waals surface area contributed by atoms with Gasteiger partial charge in [0, 0.05) is 13.2 Å². The summed E-state index contributed by atoms with van der Waals surface area (Å²) in [6.45, 7) is 4.26. The lowest BCUT2D eigenvalue weighted by Crippen LogP contribution is -2.30. The number of nitrogens with one attached hydrogen (secondary N) is 1. The van der Waals surface area contributed by atoms with E-state index in [9.17, 15) is 8.42 Å². The van der Waals surface area contributed by atoms with Gasteiger partial charge in [-0.15, -0.1) is 0 Å². The first kappa shape index (κ1) is 12.9. The molecule has 13 heavy (non-hydrogen) atoms. The Morgan fingerprint density at radius 2 is 2.08 bits per heavy atom. The van der Waals surface area contributed by atoms with E-state index in [2.05, 4.69) is 4.72 Å². The Balaban J connectivity index is 3.74. The standard InChI is InChI=1S/C8H19NO3S/c1-3-6-13(11,12)9-7-8(2)4-5-10/h8-10H,3-7H2,1-2H3. The van der Waals surface area contributed by atoms with Gasteiger partial charge in [-0.3, -0.25) is 0 Å². The molecule has 0 rings (SSSR count). The quantitative estimate of drug-likeness (QED) is 0.635. The highest BCUT2D eigenvalue weighted by Gasteiger charge is 2.09. The highest BCUT2D eigenvalue weighted by molar-refractivity contribution is 7.89. The number of rotatable bonds is 7. The fraction of sp³-hybridized carbons (Fsp3) is 1.00. The van der Waals surface area contributed by atoms with Crippen molar-refractivity contribution in [2.45, 2.75) is 26.7 Å². The van der Waals surface area contributed by atoms with E-state index in [0.717, 1.165) is 0 Å². The van der Waals surface area contributed by atoms with E-state index in [1.54, 1.807) is 0 Å². The SMILES string of the molecule is CCCS(=O)(=O)NCC(C)CCO. The largest absolute Gasteiger partial charge is 0.396 e. The van der Waals surface area contributed by atoms with Crippen LogP contribution < -0.4 is 4.72 Å². The minimum absolute atomic E-state index is 0.108. The average Bonchev–Trinajstić information content (AvgIpc) is 2.02. The van der Waals surface area contributed by atoms with Crippen LogP contribution >= 0.6 is 0 Å². The van der Waals surface area contributed by atoms with Crippen molar-refractivity contribution in [3.63, 3.8) is 0 Å². The number of sulfonamides is 1. The molecule has 1 atom stereocenters. The van der Waals surface area contributed by atoms with E-state index < -0.39 is 10.0 Å². The average molecular weight is 209 g/mol. The number of hydrogen-bond donors (Lipinski definition) is 2. The van der Waals surface area contributed by atoms with Crippen molar-refractivity contribution in [2.75, 3.05) is 18.9 Å². The Labute approximate surface area is 80.4 Å². The molecule has 0 saturated carbocycles. The Hall–Kier alpha value is -0.130. The van der Waals surface area contributed by atoms with E-state index >= 15 is 0 Å². The van der Waals surface area contributed by atoms with Gasteiger partial charge in [0.15, 0.2) is 0 Å². The lowest BCUT2D eigenvalue weighted by Gasteiger charge is -2.10. The summed E-state index contributed by atoms with van der Waals surface area (Å²) >= 11 is 0. The van der Waals surface area contributed by atoms with Gasteiger partial charge in [0.1, 0.15) is 0 Å². The third-order valence-electron chi connectivity index (χ3n) is 1.75. The minimum Gasteiger partial charge on any atom is -0.396 e. The molecule has 0 radical (unpaired) electrons. The third kappa shape index (κ3) is 6.98. The number of aliphatic hydroxyl groups is 1. The Bertz CT molecular complexity index is 213. The normalized spacial score (nSPS) is 14.4. The summed E-state index contributed by atoms with van der Waals surface area (Å²) in [5.41, 5.74) is 0. The van der Waals surface area contributed by atoms with Crippen LogP contribution in [0.3, 0.4) is 0 Å². The third-order valence-corrected chi connectivity index (χ3v) is 3.30. The van der Waals surface area contributed by atoms with Gasteiger partial charge in [0.05, 0.1) is 5.75 Å². The fourth-order valence-electron chi connectivity index (χ4n) is 0.933. The summed E-state index contributed by atoms with van der Waals surface area (Å²) in [6, 6.07) is 0. The van der Waals surface area contributed by atoms with Crippen LogP contribution in [0.2, 0.25) is 0 Å². The van der Waals surface area contributed by atoms with Crippen molar-refractivity contribution >= 4 is 10.0 Å². The van der Waals surface area contributed by atoms with Gasteiger partial charge >= 0.3 is 0 Å². The maximum Gasteiger partial charge on any atom is 0.211 e.